The number of aliphatic hydroxyl groups is 1. The van der Waals surface area contributed by atoms with Crippen molar-refractivity contribution in [1.82, 2.24) is 0 Å². The Kier molecular flexibility index (Phi) is 6.29. The first kappa shape index (κ1) is 20.3. The van der Waals surface area contributed by atoms with E-state index in [1.54, 1.807) is 30.3 Å². The van der Waals surface area contributed by atoms with Crippen molar-refractivity contribution >= 4 is 34.8 Å². The van der Waals surface area contributed by atoms with Crippen molar-refractivity contribution in [2.75, 3.05) is 11.9 Å². The van der Waals surface area contributed by atoms with Crippen molar-refractivity contribution < 1.29 is 19.1 Å². The van der Waals surface area contributed by atoms with Gasteiger partial charge in [-0.25, -0.2) is 0 Å². The van der Waals surface area contributed by atoms with Crippen molar-refractivity contribution in [3.8, 4) is 17.1 Å². The number of hydrogen-bond donors (Lipinski definition) is 2. The summed E-state index contributed by atoms with van der Waals surface area (Å²) in [6.45, 7) is 3.40. The molecule has 0 aliphatic rings. The van der Waals surface area contributed by atoms with Crippen LogP contribution in [-0.4, -0.2) is 17.6 Å². The largest absolute Gasteiger partial charge is 0.482 e. The number of carbonyl (C=O) groups is 1. The second-order valence-corrected chi connectivity index (χ2v) is 7.17. The van der Waals surface area contributed by atoms with Crippen molar-refractivity contribution in [3.63, 3.8) is 0 Å². The number of aryl methyl sites for hydroxylation is 2. The van der Waals surface area contributed by atoms with Crippen LogP contribution in [0.25, 0.3) is 11.3 Å². The predicted octanol–water partition coefficient (Wildman–Crippen LogP) is 5.38. The molecule has 0 radical (unpaired) electrons. The number of rotatable bonds is 6. The van der Waals surface area contributed by atoms with Crippen LogP contribution in [0.4, 0.5) is 5.69 Å². The lowest BCUT2D eigenvalue weighted by Gasteiger charge is -2.12. The Bertz CT molecular complexity index is 990. The molecule has 1 heterocycles. The summed E-state index contributed by atoms with van der Waals surface area (Å²) in [7, 11) is 0. The SMILES string of the molecule is Cc1cc(NC(=O)COc2c(C)cc(Cl)cc2Cl)ccc1-c1ccc(CO)o1. The van der Waals surface area contributed by atoms with Gasteiger partial charge in [0.2, 0.25) is 0 Å². The van der Waals surface area contributed by atoms with E-state index in [-0.39, 0.29) is 19.1 Å². The zero-order valence-corrected chi connectivity index (χ0v) is 16.9. The molecule has 0 spiro atoms. The number of nitrogens with one attached hydrogen (secondary N) is 1. The monoisotopic (exact) mass is 419 g/mol. The molecule has 2 N–H and O–H groups in total. The van der Waals surface area contributed by atoms with Crippen molar-refractivity contribution in [2.24, 2.45) is 0 Å². The van der Waals surface area contributed by atoms with Gasteiger partial charge >= 0.3 is 0 Å². The fourth-order valence-corrected chi connectivity index (χ4v) is 3.48. The number of benzene rings is 2. The van der Waals surface area contributed by atoms with E-state index in [2.05, 4.69) is 5.32 Å². The van der Waals surface area contributed by atoms with Crippen LogP contribution in [0.3, 0.4) is 0 Å². The molecule has 1 amide bonds. The summed E-state index contributed by atoms with van der Waals surface area (Å²) < 4.78 is 11.1. The molecule has 0 unspecified atom stereocenters. The Labute approximate surface area is 172 Å². The molecule has 1 aromatic heterocycles. The molecule has 146 valence electrons. The minimum atomic E-state index is -0.307. The van der Waals surface area contributed by atoms with Crippen LogP contribution in [0, 0.1) is 13.8 Å². The number of ether oxygens (including phenoxy) is 1. The zero-order chi connectivity index (χ0) is 20.3. The molecule has 7 heteroatoms. The maximum Gasteiger partial charge on any atom is 0.262 e. The molecule has 0 aliphatic heterocycles. The quantitative estimate of drug-likeness (QED) is 0.562. The average molecular weight is 420 g/mol. The van der Waals surface area contributed by atoms with E-state index in [1.165, 1.54) is 0 Å². The second-order valence-electron chi connectivity index (χ2n) is 6.32. The van der Waals surface area contributed by atoms with E-state index in [1.807, 2.05) is 26.0 Å². The van der Waals surface area contributed by atoms with Crippen molar-refractivity contribution in [2.45, 2.75) is 20.5 Å². The highest BCUT2D eigenvalue weighted by Crippen LogP contribution is 2.32. The summed E-state index contributed by atoms with van der Waals surface area (Å²) in [6, 6.07) is 12.3. The number of aliphatic hydroxyl groups excluding tert-OH is 1. The minimum Gasteiger partial charge on any atom is -0.482 e. The van der Waals surface area contributed by atoms with Crippen LogP contribution in [0.15, 0.2) is 46.9 Å². The van der Waals surface area contributed by atoms with E-state index >= 15 is 0 Å². The maximum absolute atomic E-state index is 12.2. The van der Waals surface area contributed by atoms with Gasteiger partial charge in [0, 0.05) is 16.3 Å². The number of halogens is 2. The highest BCUT2D eigenvalue weighted by molar-refractivity contribution is 6.35. The van der Waals surface area contributed by atoms with Gasteiger partial charge in [-0.3, -0.25) is 4.79 Å². The normalized spacial score (nSPS) is 10.8. The van der Waals surface area contributed by atoms with Crippen LogP contribution in [0.5, 0.6) is 5.75 Å². The van der Waals surface area contributed by atoms with Gasteiger partial charge < -0.3 is 19.6 Å². The van der Waals surface area contributed by atoms with Gasteiger partial charge in [0.25, 0.3) is 5.91 Å². The van der Waals surface area contributed by atoms with E-state index in [0.29, 0.717) is 33.0 Å². The summed E-state index contributed by atoms with van der Waals surface area (Å²) in [5.74, 6) is 1.29. The van der Waals surface area contributed by atoms with Crippen LogP contribution >= 0.6 is 23.2 Å². The molecule has 3 rings (SSSR count). The topological polar surface area (TPSA) is 71.7 Å². The Morgan fingerprint density at radius 3 is 2.54 bits per heavy atom. The van der Waals surface area contributed by atoms with Crippen LogP contribution in [0.1, 0.15) is 16.9 Å². The molecule has 0 aliphatic carbocycles. The molecule has 0 saturated heterocycles. The molecule has 2 aromatic carbocycles. The molecular weight excluding hydrogens is 401 g/mol. The molecule has 3 aromatic rings. The predicted molar refractivity (Wildman–Crippen MR) is 110 cm³/mol. The van der Waals surface area contributed by atoms with Gasteiger partial charge in [0.15, 0.2) is 6.61 Å². The molecule has 0 bridgehead atoms. The highest BCUT2D eigenvalue weighted by atomic mass is 35.5. The van der Waals surface area contributed by atoms with E-state index in [4.69, 9.17) is 37.5 Å². The summed E-state index contributed by atoms with van der Waals surface area (Å²) >= 11 is 12.1. The fourth-order valence-electron chi connectivity index (χ4n) is 2.83. The summed E-state index contributed by atoms with van der Waals surface area (Å²) in [5.41, 5.74) is 3.21. The summed E-state index contributed by atoms with van der Waals surface area (Å²) in [4.78, 5) is 12.2. The lowest BCUT2D eigenvalue weighted by atomic mass is 10.1. The number of furan rings is 1. The second kappa shape index (κ2) is 8.69. The molecular formula is C21H19Cl2NO4. The maximum atomic E-state index is 12.2. The van der Waals surface area contributed by atoms with Gasteiger partial charge in [-0.2, -0.15) is 0 Å². The third kappa shape index (κ3) is 4.68. The lowest BCUT2D eigenvalue weighted by Crippen LogP contribution is -2.20. The van der Waals surface area contributed by atoms with E-state index < -0.39 is 0 Å². The summed E-state index contributed by atoms with van der Waals surface area (Å²) in [5, 5.41) is 12.8. The minimum absolute atomic E-state index is 0.149. The third-order valence-electron chi connectivity index (χ3n) is 4.13. The van der Waals surface area contributed by atoms with Gasteiger partial charge in [0.1, 0.15) is 23.9 Å². The van der Waals surface area contributed by atoms with Gasteiger partial charge in [-0.05, 0) is 67.4 Å². The summed E-state index contributed by atoms with van der Waals surface area (Å²) in [6.07, 6.45) is 0. The Hall–Kier alpha value is -2.47. The van der Waals surface area contributed by atoms with E-state index in [0.717, 1.165) is 16.7 Å². The number of amides is 1. The van der Waals surface area contributed by atoms with Gasteiger partial charge in [0.05, 0.1) is 5.02 Å². The Balaban J connectivity index is 1.65. The standard InChI is InChI=1S/C21H19Cl2NO4/c1-12-8-15(3-5-17(12)19-6-4-16(10-25)28-19)24-20(26)11-27-21-13(2)7-14(22)9-18(21)23/h3-9,25H,10-11H2,1-2H3,(H,24,26). The van der Waals surface area contributed by atoms with E-state index in [9.17, 15) is 4.79 Å². The average Bonchev–Trinajstić information content (AvgIpc) is 3.09. The first-order valence-electron chi connectivity index (χ1n) is 8.56. The van der Waals surface area contributed by atoms with Gasteiger partial charge in [-0.15, -0.1) is 0 Å². The van der Waals surface area contributed by atoms with Crippen molar-refractivity contribution in [1.29, 1.82) is 0 Å². The molecule has 0 atom stereocenters. The number of hydrogen-bond acceptors (Lipinski definition) is 4. The lowest BCUT2D eigenvalue weighted by molar-refractivity contribution is -0.118. The zero-order valence-electron chi connectivity index (χ0n) is 15.4. The van der Waals surface area contributed by atoms with Crippen LogP contribution in [0.2, 0.25) is 10.0 Å². The molecule has 28 heavy (non-hydrogen) atoms. The number of anilines is 1. The van der Waals surface area contributed by atoms with Crippen LogP contribution in [-0.2, 0) is 11.4 Å². The smallest absolute Gasteiger partial charge is 0.262 e. The highest BCUT2D eigenvalue weighted by Gasteiger charge is 2.12. The fraction of sp³-hybridized carbons (Fsp3) is 0.190. The molecule has 0 saturated carbocycles. The molecule has 0 fully saturated rings. The Morgan fingerprint density at radius 1 is 1.11 bits per heavy atom. The molecule has 5 nitrogen and oxygen atoms in total. The Morgan fingerprint density at radius 2 is 1.89 bits per heavy atom. The first-order chi connectivity index (χ1) is 13.4. The van der Waals surface area contributed by atoms with Crippen molar-refractivity contribution in [3.05, 3.63) is 69.4 Å². The third-order valence-corrected chi connectivity index (χ3v) is 4.63. The van der Waals surface area contributed by atoms with Crippen LogP contribution < -0.4 is 10.1 Å². The van der Waals surface area contributed by atoms with Gasteiger partial charge in [-0.1, -0.05) is 23.2 Å². The first-order valence-corrected chi connectivity index (χ1v) is 9.32. The number of carbonyl (C=O) groups excluding carboxylic acids is 1.